The number of ether oxygens (including phenoxy) is 1. The highest BCUT2D eigenvalue weighted by Crippen LogP contribution is 2.41. The summed E-state index contributed by atoms with van der Waals surface area (Å²) in [5.74, 6) is 0.781. The molecule has 2 unspecified atom stereocenters. The summed E-state index contributed by atoms with van der Waals surface area (Å²) in [6, 6.07) is 9.85. The van der Waals surface area contributed by atoms with Gasteiger partial charge in [-0.1, -0.05) is 25.1 Å². The summed E-state index contributed by atoms with van der Waals surface area (Å²) in [7, 11) is 0. The zero-order valence-corrected chi connectivity index (χ0v) is 12.8. The average Bonchev–Trinajstić information content (AvgIpc) is 3.16. The monoisotopic (exact) mass is 284 g/mol. The fraction of sp³-hybridized carbons (Fsp3) is 0.556. The number of nitrogens with zero attached hydrogens (tertiary/aromatic N) is 2. The highest BCUT2D eigenvalue weighted by Gasteiger charge is 2.38. The van der Waals surface area contributed by atoms with Crippen molar-refractivity contribution >= 4 is 11.3 Å². The molecule has 2 heterocycles. The number of fused-ring (bicyclic) bond motifs is 2. The summed E-state index contributed by atoms with van der Waals surface area (Å²) >= 11 is 0. The number of rotatable bonds is 3. The summed E-state index contributed by atoms with van der Waals surface area (Å²) in [5.41, 5.74) is 4.30. The van der Waals surface area contributed by atoms with Gasteiger partial charge in [-0.15, -0.1) is 0 Å². The second-order valence-electron chi connectivity index (χ2n) is 6.37. The Balaban J connectivity index is 1.53. The molecule has 3 aliphatic rings. The van der Waals surface area contributed by atoms with Gasteiger partial charge in [-0.25, -0.2) is 0 Å². The Bertz CT molecular complexity index is 531. The Morgan fingerprint density at radius 1 is 1.14 bits per heavy atom. The SMILES string of the molecule is CCN1CC2C=C(c3ccc(N4CCOCC4)cc3)C1C2. The van der Waals surface area contributed by atoms with E-state index in [1.807, 2.05) is 0 Å². The zero-order valence-electron chi connectivity index (χ0n) is 12.8. The van der Waals surface area contributed by atoms with E-state index in [9.17, 15) is 0 Å². The largest absolute Gasteiger partial charge is 0.378 e. The van der Waals surface area contributed by atoms with Crippen molar-refractivity contribution in [3.63, 3.8) is 0 Å². The first-order valence-corrected chi connectivity index (χ1v) is 8.24. The van der Waals surface area contributed by atoms with Crippen LogP contribution in [-0.4, -0.2) is 50.3 Å². The summed E-state index contributed by atoms with van der Waals surface area (Å²) in [4.78, 5) is 5.04. The van der Waals surface area contributed by atoms with Gasteiger partial charge < -0.3 is 9.64 Å². The number of anilines is 1. The van der Waals surface area contributed by atoms with E-state index >= 15 is 0 Å². The van der Waals surface area contributed by atoms with Gasteiger partial charge in [0.25, 0.3) is 0 Å². The molecule has 1 aliphatic carbocycles. The van der Waals surface area contributed by atoms with Gasteiger partial charge in [-0.2, -0.15) is 0 Å². The normalized spacial score (nSPS) is 29.0. The predicted molar refractivity (Wildman–Crippen MR) is 86.6 cm³/mol. The minimum Gasteiger partial charge on any atom is -0.378 e. The number of benzene rings is 1. The third-order valence-corrected chi connectivity index (χ3v) is 5.19. The van der Waals surface area contributed by atoms with Crippen molar-refractivity contribution in [2.75, 3.05) is 44.3 Å². The smallest absolute Gasteiger partial charge is 0.0642 e. The first-order valence-electron chi connectivity index (χ1n) is 8.24. The molecule has 0 spiro atoms. The van der Waals surface area contributed by atoms with E-state index in [0.717, 1.165) is 32.2 Å². The third-order valence-electron chi connectivity index (χ3n) is 5.19. The van der Waals surface area contributed by atoms with Crippen LogP contribution in [0, 0.1) is 5.92 Å². The second kappa shape index (κ2) is 5.47. The quantitative estimate of drug-likeness (QED) is 0.848. The molecule has 2 atom stereocenters. The molecular formula is C18H24N2O. The number of hydrogen-bond acceptors (Lipinski definition) is 3. The predicted octanol–water partition coefficient (Wildman–Crippen LogP) is 2.63. The van der Waals surface area contributed by atoms with Gasteiger partial charge in [0.15, 0.2) is 0 Å². The number of likely N-dealkylation sites (tertiary alicyclic amines) is 1. The molecule has 1 aromatic rings. The van der Waals surface area contributed by atoms with E-state index in [-0.39, 0.29) is 0 Å². The van der Waals surface area contributed by atoms with Crippen LogP contribution in [-0.2, 0) is 4.74 Å². The van der Waals surface area contributed by atoms with Crippen molar-refractivity contribution in [3.05, 3.63) is 35.9 Å². The fourth-order valence-electron chi connectivity index (χ4n) is 4.07. The van der Waals surface area contributed by atoms with Crippen molar-refractivity contribution in [3.8, 4) is 0 Å². The van der Waals surface area contributed by atoms with Gasteiger partial charge in [0.05, 0.1) is 13.2 Å². The first-order chi connectivity index (χ1) is 10.3. The van der Waals surface area contributed by atoms with Crippen LogP contribution in [0.5, 0.6) is 0 Å². The first kappa shape index (κ1) is 13.4. The maximum Gasteiger partial charge on any atom is 0.0642 e. The molecule has 112 valence electrons. The number of hydrogen-bond donors (Lipinski definition) is 0. The van der Waals surface area contributed by atoms with Crippen LogP contribution in [0.3, 0.4) is 0 Å². The minimum atomic E-state index is 0.661. The van der Waals surface area contributed by atoms with Crippen molar-refractivity contribution in [2.24, 2.45) is 5.92 Å². The third kappa shape index (κ3) is 2.39. The lowest BCUT2D eigenvalue weighted by atomic mass is 9.99. The molecule has 2 fully saturated rings. The fourth-order valence-corrected chi connectivity index (χ4v) is 4.07. The van der Waals surface area contributed by atoms with E-state index < -0.39 is 0 Å². The van der Waals surface area contributed by atoms with E-state index in [1.165, 1.54) is 30.8 Å². The lowest BCUT2D eigenvalue weighted by Crippen LogP contribution is -2.36. The summed E-state index contributed by atoms with van der Waals surface area (Å²) in [6.07, 6.45) is 3.84. The van der Waals surface area contributed by atoms with Gasteiger partial charge in [0.1, 0.15) is 0 Å². The van der Waals surface area contributed by atoms with Crippen LogP contribution in [0.25, 0.3) is 5.57 Å². The maximum absolute atomic E-state index is 5.43. The number of likely N-dealkylation sites (N-methyl/N-ethyl adjacent to an activating group) is 1. The zero-order chi connectivity index (χ0) is 14.2. The van der Waals surface area contributed by atoms with Crippen molar-refractivity contribution in [1.29, 1.82) is 0 Å². The Kier molecular flexibility index (Phi) is 3.48. The van der Waals surface area contributed by atoms with Gasteiger partial charge in [0, 0.05) is 31.4 Å². The van der Waals surface area contributed by atoms with Crippen LogP contribution < -0.4 is 4.90 Å². The molecule has 3 heteroatoms. The van der Waals surface area contributed by atoms with E-state index in [1.54, 1.807) is 5.57 Å². The van der Waals surface area contributed by atoms with E-state index in [0.29, 0.717) is 6.04 Å². The molecule has 1 aromatic carbocycles. The molecule has 0 saturated carbocycles. The molecule has 0 radical (unpaired) electrons. The van der Waals surface area contributed by atoms with Gasteiger partial charge in [-0.3, -0.25) is 4.90 Å². The van der Waals surface area contributed by atoms with Crippen LogP contribution >= 0.6 is 0 Å². The molecule has 4 rings (SSSR count). The van der Waals surface area contributed by atoms with Gasteiger partial charge in [-0.05, 0) is 42.2 Å². The van der Waals surface area contributed by atoms with Crippen LogP contribution in [0.15, 0.2) is 30.3 Å². The van der Waals surface area contributed by atoms with Gasteiger partial charge >= 0.3 is 0 Å². The highest BCUT2D eigenvalue weighted by atomic mass is 16.5. The van der Waals surface area contributed by atoms with Crippen molar-refractivity contribution < 1.29 is 4.74 Å². The summed E-state index contributed by atoms with van der Waals surface area (Å²) in [6.45, 7) is 8.43. The Labute approximate surface area is 127 Å². The molecule has 2 aliphatic heterocycles. The van der Waals surface area contributed by atoms with Crippen LogP contribution in [0.4, 0.5) is 5.69 Å². The number of morpholine rings is 1. The molecule has 2 bridgehead atoms. The van der Waals surface area contributed by atoms with Gasteiger partial charge in [0.2, 0.25) is 0 Å². The molecule has 21 heavy (non-hydrogen) atoms. The highest BCUT2D eigenvalue weighted by molar-refractivity contribution is 5.74. The second-order valence-corrected chi connectivity index (χ2v) is 6.37. The van der Waals surface area contributed by atoms with E-state index in [4.69, 9.17) is 4.74 Å². The molecule has 0 amide bonds. The molecule has 3 nitrogen and oxygen atoms in total. The summed E-state index contributed by atoms with van der Waals surface area (Å²) in [5, 5.41) is 0. The minimum absolute atomic E-state index is 0.661. The van der Waals surface area contributed by atoms with Crippen LogP contribution in [0.2, 0.25) is 0 Å². The average molecular weight is 284 g/mol. The molecular weight excluding hydrogens is 260 g/mol. The lowest BCUT2D eigenvalue weighted by molar-refractivity contribution is 0.122. The van der Waals surface area contributed by atoms with Crippen molar-refractivity contribution in [1.82, 2.24) is 4.90 Å². The lowest BCUT2D eigenvalue weighted by Gasteiger charge is -2.30. The van der Waals surface area contributed by atoms with E-state index in [2.05, 4.69) is 47.1 Å². The maximum atomic E-state index is 5.43. The summed E-state index contributed by atoms with van der Waals surface area (Å²) < 4.78 is 5.43. The van der Waals surface area contributed by atoms with Crippen LogP contribution in [0.1, 0.15) is 18.9 Å². The molecule has 0 aromatic heterocycles. The topological polar surface area (TPSA) is 15.7 Å². The standard InChI is InChI=1S/C18H24N2O/c1-2-19-13-14-11-17(18(19)12-14)15-3-5-16(6-4-15)20-7-9-21-10-8-20/h3-6,11,14,18H,2,7-10,12-13H2,1H3. The Hall–Kier alpha value is -1.32. The molecule has 0 N–H and O–H groups in total. The molecule has 2 saturated heterocycles. The van der Waals surface area contributed by atoms with Crippen molar-refractivity contribution in [2.45, 2.75) is 19.4 Å². The Morgan fingerprint density at radius 2 is 1.90 bits per heavy atom. The Morgan fingerprint density at radius 3 is 2.57 bits per heavy atom.